The van der Waals surface area contributed by atoms with E-state index in [0.29, 0.717) is 0 Å². The molecule has 0 bridgehead atoms. The molecule has 2 aromatic heterocycles. The third kappa shape index (κ3) is 6.72. The van der Waals surface area contributed by atoms with Gasteiger partial charge in [-0.3, -0.25) is 0 Å². The van der Waals surface area contributed by atoms with Crippen LogP contribution in [0.1, 0.15) is 31.9 Å². The van der Waals surface area contributed by atoms with Crippen LogP contribution in [0.25, 0.3) is 22.5 Å². The molecule has 3 heteroatoms. The zero-order valence-electron chi connectivity index (χ0n) is 17.8. The maximum atomic E-state index is 4.39. The normalized spacial score (nSPS) is 10.4. The summed E-state index contributed by atoms with van der Waals surface area (Å²) in [6, 6.07) is 30.4. The Balaban J connectivity index is 0.000000211. The molecule has 4 aromatic rings. The molecule has 0 unspecified atom stereocenters. The van der Waals surface area contributed by atoms with E-state index in [0.717, 1.165) is 22.5 Å². The van der Waals surface area contributed by atoms with Gasteiger partial charge in [-0.05, 0) is 41.4 Å². The number of hydrogen-bond donors (Lipinski definition) is 0. The zero-order chi connectivity index (χ0) is 20.7. The van der Waals surface area contributed by atoms with Crippen LogP contribution in [0, 0.1) is 19.1 Å². The monoisotopic (exact) mass is 571 g/mol. The molecule has 0 amide bonds. The third-order valence-electron chi connectivity index (χ3n) is 4.51. The Bertz CT molecular complexity index is 1040. The number of rotatable bonds is 2. The van der Waals surface area contributed by atoms with E-state index in [1.807, 2.05) is 67.0 Å². The van der Waals surface area contributed by atoms with Crippen LogP contribution >= 0.6 is 0 Å². The van der Waals surface area contributed by atoms with Crippen molar-refractivity contribution in [1.82, 2.24) is 9.97 Å². The standard InChI is InChI=1S/C15H16N.C12H10N.Ir/c1-15(2,3)13-9-10-16-14(11-13)12-7-5-4-6-8-12;1-10-7-8-13-12(9-10)11-5-3-2-4-6-11;/h4-7,9-11H,1-3H3;2-5,7-9H,1H3;/q2*-1;. The second-order valence-corrected chi connectivity index (χ2v) is 7.95. The fourth-order valence-electron chi connectivity index (χ4n) is 2.83. The Morgan fingerprint density at radius 1 is 0.700 bits per heavy atom. The first kappa shape index (κ1) is 23.7. The molecule has 4 rings (SSSR count). The van der Waals surface area contributed by atoms with Gasteiger partial charge in [-0.15, -0.1) is 71.8 Å². The van der Waals surface area contributed by atoms with E-state index >= 15 is 0 Å². The van der Waals surface area contributed by atoms with Crippen LogP contribution in [0.15, 0.2) is 85.2 Å². The minimum atomic E-state index is 0. The van der Waals surface area contributed by atoms with Crippen molar-refractivity contribution in [3.63, 3.8) is 0 Å². The van der Waals surface area contributed by atoms with Gasteiger partial charge in [0.15, 0.2) is 0 Å². The number of hydrogen-bond acceptors (Lipinski definition) is 2. The largest absolute Gasteiger partial charge is 0.305 e. The number of aryl methyl sites for hydroxylation is 1. The molecule has 0 N–H and O–H groups in total. The molecule has 0 aliphatic carbocycles. The predicted octanol–water partition coefficient (Wildman–Crippen LogP) is 6.70. The van der Waals surface area contributed by atoms with Gasteiger partial charge in [0.1, 0.15) is 0 Å². The Morgan fingerprint density at radius 2 is 1.23 bits per heavy atom. The molecule has 155 valence electrons. The van der Waals surface area contributed by atoms with Crippen molar-refractivity contribution in [3.05, 3.63) is 108 Å². The molecule has 0 fully saturated rings. The molecule has 0 aliphatic rings. The molecule has 2 heterocycles. The predicted molar refractivity (Wildman–Crippen MR) is 120 cm³/mol. The van der Waals surface area contributed by atoms with Gasteiger partial charge >= 0.3 is 0 Å². The molecule has 0 atom stereocenters. The molecule has 0 spiro atoms. The van der Waals surface area contributed by atoms with Gasteiger partial charge in [0.25, 0.3) is 0 Å². The van der Waals surface area contributed by atoms with Crippen molar-refractivity contribution < 1.29 is 20.1 Å². The molecule has 2 aromatic carbocycles. The maximum absolute atomic E-state index is 4.39. The van der Waals surface area contributed by atoms with E-state index in [-0.39, 0.29) is 25.5 Å². The van der Waals surface area contributed by atoms with E-state index in [1.165, 1.54) is 11.1 Å². The molecular weight excluding hydrogens is 545 g/mol. The van der Waals surface area contributed by atoms with Crippen LogP contribution in [0.4, 0.5) is 0 Å². The van der Waals surface area contributed by atoms with E-state index in [2.05, 4.69) is 68.0 Å². The number of aromatic nitrogens is 2. The van der Waals surface area contributed by atoms with Gasteiger partial charge in [0.05, 0.1) is 0 Å². The van der Waals surface area contributed by atoms with Gasteiger partial charge in [-0.1, -0.05) is 38.5 Å². The van der Waals surface area contributed by atoms with Gasteiger partial charge < -0.3 is 9.97 Å². The Hall–Kier alpha value is -2.61. The summed E-state index contributed by atoms with van der Waals surface area (Å²) in [5.41, 5.74) is 6.76. The molecule has 0 saturated carbocycles. The van der Waals surface area contributed by atoms with Crippen LogP contribution in [0.2, 0.25) is 0 Å². The first-order valence-corrected chi connectivity index (χ1v) is 9.77. The topological polar surface area (TPSA) is 25.8 Å². The van der Waals surface area contributed by atoms with Crippen LogP contribution in [-0.4, -0.2) is 9.97 Å². The number of benzene rings is 2. The zero-order valence-corrected chi connectivity index (χ0v) is 20.2. The molecule has 0 aliphatic heterocycles. The molecule has 2 nitrogen and oxygen atoms in total. The molecule has 1 radical (unpaired) electrons. The van der Waals surface area contributed by atoms with Crippen LogP contribution in [-0.2, 0) is 25.5 Å². The second kappa shape index (κ2) is 11.0. The van der Waals surface area contributed by atoms with Crippen LogP contribution in [0.5, 0.6) is 0 Å². The number of nitrogens with zero attached hydrogens (tertiary/aromatic N) is 2. The second-order valence-electron chi connectivity index (χ2n) is 7.95. The quantitative estimate of drug-likeness (QED) is 0.251. The molecular formula is C27H26IrN2-2. The van der Waals surface area contributed by atoms with Crippen molar-refractivity contribution in [2.75, 3.05) is 0 Å². The summed E-state index contributed by atoms with van der Waals surface area (Å²) in [6.07, 6.45) is 3.70. The summed E-state index contributed by atoms with van der Waals surface area (Å²) in [7, 11) is 0. The van der Waals surface area contributed by atoms with E-state index < -0.39 is 0 Å². The maximum Gasteiger partial charge on any atom is 0.0163 e. The molecule has 0 saturated heterocycles. The summed E-state index contributed by atoms with van der Waals surface area (Å²) >= 11 is 0. The Morgan fingerprint density at radius 3 is 1.70 bits per heavy atom. The first-order chi connectivity index (χ1) is 13.9. The van der Waals surface area contributed by atoms with Gasteiger partial charge in [-0.25, -0.2) is 0 Å². The summed E-state index contributed by atoms with van der Waals surface area (Å²) < 4.78 is 0. The van der Waals surface area contributed by atoms with Crippen molar-refractivity contribution in [2.24, 2.45) is 0 Å². The van der Waals surface area contributed by atoms with Crippen molar-refractivity contribution >= 4 is 0 Å². The van der Waals surface area contributed by atoms with Crippen LogP contribution in [0.3, 0.4) is 0 Å². The minimum absolute atomic E-state index is 0. The minimum Gasteiger partial charge on any atom is -0.305 e. The Labute approximate surface area is 193 Å². The average molecular weight is 571 g/mol. The van der Waals surface area contributed by atoms with Crippen molar-refractivity contribution in [1.29, 1.82) is 0 Å². The van der Waals surface area contributed by atoms with Gasteiger partial charge in [0, 0.05) is 32.5 Å². The number of pyridine rings is 2. The summed E-state index contributed by atoms with van der Waals surface area (Å²) in [6.45, 7) is 8.69. The Kier molecular flexibility index (Phi) is 8.65. The fraction of sp³-hybridized carbons (Fsp3) is 0.185. The van der Waals surface area contributed by atoms with E-state index in [9.17, 15) is 0 Å². The summed E-state index contributed by atoms with van der Waals surface area (Å²) in [5, 5.41) is 0. The average Bonchev–Trinajstić information content (AvgIpc) is 2.75. The molecule has 30 heavy (non-hydrogen) atoms. The van der Waals surface area contributed by atoms with Crippen molar-refractivity contribution in [2.45, 2.75) is 33.1 Å². The SMILES string of the molecule is CC(C)(C)c1ccnc(-c2[c-]cccc2)c1.Cc1ccnc(-c2[c-]cccc2)c1.[Ir]. The fourth-order valence-corrected chi connectivity index (χ4v) is 2.83. The van der Waals surface area contributed by atoms with Crippen LogP contribution < -0.4 is 0 Å². The third-order valence-corrected chi connectivity index (χ3v) is 4.51. The summed E-state index contributed by atoms with van der Waals surface area (Å²) in [4.78, 5) is 8.67. The van der Waals surface area contributed by atoms with Crippen molar-refractivity contribution in [3.8, 4) is 22.5 Å². The van der Waals surface area contributed by atoms with Gasteiger partial charge in [0.2, 0.25) is 0 Å². The smallest absolute Gasteiger partial charge is 0.0163 e. The van der Waals surface area contributed by atoms with Gasteiger partial charge in [-0.2, -0.15) is 0 Å². The van der Waals surface area contributed by atoms with E-state index in [4.69, 9.17) is 0 Å². The summed E-state index contributed by atoms with van der Waals surface area (Å²) in [5.74, 6) is 0. The first-order valence-electron chi connectivity index (χ1n) is 9.77. The van der Waals surface area contributed by atoms with E-state index in [1.54, 1.807) is 0 Å².